The fraction of sp³-hybridized carbons (Fsp3) is 0.700. The van der Waals surface area contributed by atoms with Crippen molar-refractivity contribution in [3.63, 3.8) is 0 Å². The third-order valence-corrected chi connectivity index (χ3v) is 5.65. The maximum absolute atomic E-state index is 2.74. The summed E-state index contributed by atoms with van der Waals surface area (Å²) in [6, 6.07) is 8.19. The summed E-state index contributed by atoms with van der Waals surface area (Å²) in [5.41, 5.74) is 5.28. The van der Waals surface area contributed by atoms with Gasteiger partial charge < -0.3 is 0 Å². The molecular formula is C20H29N. The van der Waals surface area contributed by atoms with Crippen molar-refractivity contribution in [2.24, 2.45) is 0 Å². The molecule has 0 N–H and O–H groups in total. The van der Waals surface area contributed by atoms with Gasteiger partial charge in [0.1, 0.15) is 0 Å². The molecule has 1 heteroatoms. The van der Waals surface area contributed by atoms with Crippen LogP contribution in [0.2, 0.25) is 0 Å². The van der Waals surface area contributed by atoms with Gasteiger partial charge in [-0.15, -0.1) is 0 Å². The standard InChI is InChI=1S/C20H29N/c1-20(2,3)21-12-4-5-19(21)17-11-10-16(14-6-7-14)13-18(17)15-8-9-15/h10-11,13-15,19H,4-9,12H2,1-3H3. The summed E-state index contributed by atoms with van der Waals surface area (Å²) in [4.78, 5) is 2.74. The van der Waals surface area contributed by atoms with Gasteiger partial charge in [0.05, 0.1) is 0 Å². The summed E-state index contributed by atoms with van der Waals surface area (Å²) in [6.45, 7) is 8.39. The van der Waals surface area contributed by atoms with Crippen LogP contribution in [0.1, 0.15) is 93.9 Å². The van der Waals surface area contributed by atoms with E-state index in [1.54, 1.807) is 16.7 Å². The van der Waals surface area contributed by atoms with E-state index in [9.17, 15) is 0 Å². The fourth-order valence-corrected chi connectivity index (χ4v) is 4.21. The normalized spacial score (nSPS) is 27.3. The molecule has 0 bridgehead atoms. The number of rotatable bonds is 3. The second kappa shape index (κ2) is 4.84. The zero-order valence-electron chi connectivity index (χ0n) is 13.9. The molecule has 0 radical (unpaired) electrons. The van der Waals surface area contributed by atoms with Gasteiger partial charge in [0, 0.05) is 11.6 Å². The van der Waals surface area contributed by atoms with Crippen molar-refractivity contribution in [2.45, 2.75) is 82.7 Å². The molecule has 1 nitrogen and oxygen atoms in total. The third-order valence-electron chi connectivity index (χ3n) is 5.65. The Hall–Kier alpha value is -0.820. The van der Waals surface area contributed by atoms with E-state index >= 15 is 0 Å². The smallest absolute Gasteiger partial charge is 0.0356 e. The molecule has 1 heterocycles. The Morgan fingerprint density at radius 1 is 0.905 bits per heavy atom. The summed E-state index contributed by atoms with van der Waals surface area (Å²) >= 11 is 0. The fourth-order valence-electron chi connectivity index (χ4n) is 4.21. The molecule has 0 spiro atoms. The minimum Gasteiger partial charge on any atom is -0.291 e. The second-order valence-corrected chi connectivity index (χ2v) is 8.46. The van der Waals surface area contributed by atoms with Crippen LogP contribution in [-0.2, 0) is 0 Å². The Morgan fingerprint density at radius 2 is 1.62 bits per heavy atom. The zero-order valence-corrected chi connectivity index (χ0v) is 13.9. The van der Waals surface area contributed by atoms with E-state index in [0.29, 0.717) is 6.04 Å². The molecule has 1 saturated heterocycles. The van der Waals surface area contributed by atoms with Gasteiger partial charge >= 0.3 is 0 Å². The molecule has 0 aromatic heterocycles. The van der Waals surface area contributed by atoms with Crippen molar-refractivity contribution in [3.8, 4) is 0 Å². The van der Waals surface area contributed by atoms with Gasteiger partial charge in [-0.1, -0.05) is 18.2 Å². The highest BCUT2D eigenvalue weighted by Gasteiger charge is 2.37. The molecular weight excluding hydrogens is 254 g/mol. The van der Waals surface area contributed by atoms with Gasteiger partial charge in [-0.3, -0.25) is 4.90 Å². The van der Waals surface area contributed by atoms with Crippen molar-refractivity contribution >= 4 is 0 Å². The van der Waals surface area contributed by atoms with Crippen LogP contribution >= 0.6 is 0 Å². The van der Waals surface area contributed by atoms with Crippen LogP contribution in [0.5, 0.6) is 0 Å². The molecule has 3 aliphatic rings. The average molecular weight is 283 g/mol. The van der Waals surface area contributed by atoms with Crippen LogP contribution in [0.25, 0.3) is 0 Å². The van der Waals surface area contributed by atoms with Crippen molar-refractivity contribution < 1.29 is 0 Å². The van der Waals surface area contributed by atoms with Gasteiger partial charge in [-0.25, -0.2) is 0 Å². The molecule has 2 saturated carbocycles. The maximum Gasteiger partial charge on any atom is 0.0356 e. The first kappa shape index (κ1) is 13.8. The minimum absolute atomic E-state index is 0.289. The molecule has 1 aromatic rings. The monoisotopic (exact) mass is 283 g/mol. The highest BCUT2D eigenvalue weighted by atomic mass is 15.2. The Morgan fingerprint density at radius 3 is 2.24 bits per heavy atom. The van der Waals surface area contributed by atoms with E-state index in [1.807, 2.05) is 0 Å². The van der Waals surface area contributed by atoms with Crippen LogP contribution in [0, 0.1) is 0 Å². The summed E-state index contributed by atoms with van der Waals surface area (Å²) in [5, 5.41) is 0. The van der Waals surface area contributed by atoms with E-state index in [-0.39, 0.29) is 5.54 Å². The topological polar surface area (TPSA) is 3.24 Å². The van der Waals surface area contributed by atoms with Gasteiger partial charge in [-0.05, 0) is 94.4 Å². The largest absolute Gasteiger partial charge is 0.291 e. The maximum atomic E-state index is 2.74. The molecule has 1 aliphatic heterocycles. The number of hydrogen-bond acceptors (Lipinski definition) is 1. The van der Waals surface area contributed by atoms with Crippen LogP contribution < -0.4 is 0 Å². The number of nitrogens with zero attached hydrogens (tertiary/aromatic N) is 1. The molecule has 1 atom stereocenters. The van der Waals surface area contributed by atoms with E-state index in [4.69, 9.17) is 0 Å². The molecule has 2 aliphatic carbocycles. The Labute approximate surface area is 129 Å². The van der Waals surface area contributed by atoms with Crippen LogP contribution in [0.3, 0.4) is 0 Å². The summed E-state index contributed by atoms with van der Waals surface area (Å²) in [5.74, 6) is 1.76. The van der Waals surface area contributed by atoms with Gasteiger partial charge in [0.25, 0.3) is 0 Å². The highest BCUT2D eigenvalue weighted by molar-refractivity contribution is 5.41. The van der Waals surface area contributed by atoms with Crippen LogP contribution in [-0.4, -0.2) is 17.0 Å². The van der Waals surface area contributed by atoms with Crippen molar-refractivity contribution in [2.75, 3.05) is 6.54 Å². The molecule has 1 aromatic carbocycles. The highest BCUT2D eigenvalue weighted by Crippen LogP contribution is 2.49. The molecule has 114 valence electrons. The molecule has 3 fully saturated rings. The first-order valence-electron chi connectivity index (χ1n) is 8.94. The van der Waals surface area contributed by atoms with E-state index in [0.717, 1.165) is 11.8 Å². The number of benzene rings is 1. The first-order valence-corrected chi connectivity index (χ1v) is 8.94. The number of hydrogen-bond donors (Lipinski definition) is 0. The first-order chi connectivity index (χ1) is 10.0. The van der Waals surface area contributed by atoms with Crippen molar-refractivity contribution in [1.29, 1.82) is 0 Å². The number of likely N-dealkylation sites (tertiary alicyclic amines) is 1. The Bertz CT molecular complexity index is 531. The quantitative estimate of drug-likeness (QED) is 0.720. The van der Waals surface area contributed by atoms with Crippen molar-refractivity contribution in [1.82, 2.24) is 4.90 Å². The van der Waals surface area contributed by atoms with Crippen LogP contribution in [0.15, 0.2) is 18.2 Å². The third kappa shape index (κ3) is 2.65. The average Bonchev–Trinajstić information content (AvgIpc) is 3.34. The Balaban J connectivity index is 1.70. The summed E-state index contributed by atoms with van der Waals surface area (Å²) in [6.07, 6.45) is 8.38. The second-order valence-electron chi connectivity index (χ2n) is 8.46. The SMILES string of the molecule is CC(C)(C)N1CCCC1c1ccc(C2CC2)cc1C1CC1. The predicted octanol–water partition coefficient (Wildman–Crippen LogP) is 5.38. The van der Waals surface area contributed by atoms with Gasteiger partial charge in [0.2, 0.25) is 0 Å². The van der Waals surface area contributed by atoms with Crippen molar-refractivity contribution in [3.05, 3.63) is 34.9 Å². The van der Waals surface area contributed by atoms with Gasteiger partial charge in [-0.2, -0.15) is 0 Å². The molecule has 4 rings (SSSR count). The predicted molar refractivity (Wildman–Crippen MR) is 88.8 cm³/mol. The summed E-state index contributed by atoms with van der Waals surface area (Å²) < 4.78 is 0. The van der Waals surface area contributed by atoms with Gasteiger partial charge in [0.15, 0.2) is 0 Å². The lowest BCUT2D eigenvalue weighted by Crippen LogP contribution is -2.40. The van der Waals surface area contributed by atoms with E-state index in [1.165, 1.54) is 45.1 Å². The zero-order chi connectivity index (χ0) is 14.6. The Kier molecular flexibility index (Phi) is 3.19. The lowest BCUT2D eigenvalue weighted by Gasteiger charge is -2.38. The van der Waals surface area contributed by atoms with Crippen LogP contribution in [0.4, 0.5) is 0 Å². The molecule has 0 amide bonds. The van der Waals surface area contributed by atoms with E-state index < -0.39 is 0 Å². The lowest BCUT2D eigenvalue weighted by atomic mass is 9.91. The molecule has 1 unspecified atom stereocenters. The van der Waals surface area contributed by atoms with E-state index in [2.05, 4.69) is 43.9 Å². The molecule has 21 heavy (non-hydrogen) atoms. The lowest BCUT2D eigenvalue weighted by molar-refractivity contribution is 0.121. The summed E-state index contributed by atoms with van der Waals surface area (Å²) in [7, 11) is 0. The minimum atomic E-state index is 0.289.